The molecule has 2 aromatic heterocycles. The Bertz CT molecular complexity index is 514. The van der Waals surface area contributed by atoms with Crippen LogP contribution in [0.15, 0.2) is 42.0 Å². The Morgan fingerprint density at radius 1 is 1.40 bits per heavy atom. The van der Waals surface area contributed by atoms with Crippen LogP contribution in [0.1, 0.15) is 16.9 Å². The van der Waals surface area contributed by atoms with E-state index in [2.05, 4.69) is 10.3 Å². The molecule has 5 heteroatoms. The largest absolute Gasteiger partial charge is 0.480 e. The zero-order valence-electron chi connectivity index (χ0n) is 11.2. The second-order valence-electron chi connectivity index (χ2n) is 4.59. The Morgan fingerprint density at radius 2 is 2.30 bits per heavy atom. The first-order chi connectivity index (χ1) is 9.75. The molecular formula is C15H18N2O2S. The number of aliphatic carboxylic acids is 1. The molecule has 0 saturated heterocycles. The lowest BCUT2D eigenvalue weighted by atomic mass is 10.1. The van der Waals surface area contributed by atoms with E-state index in [9.17, 15) is 9.90 Å². The van der Waals surface area contributed by atoms with Gasteiger partial charge in [0.05, 0.1) is 0 Å². The van der Waals surface area contributed by atoms with Gasteiger partial charge in [-0.1, -0.05) is 12.1 Å². The predicted molar refractivity (Wildman–Crippen MR) is 80.0 cm³/mol. The third-order valence-electron chi connectivity index (χ3n) is 3.04. The predicted octanol–water partition coefficient (Wildman–Crippen LogP) is 2.36. The molecule has 2 heterocycles. The number of aromatic nitrogens is 1. The van der Waals surface area contributed by atoms with Gasteiger partial charge in [0.2, 0.25) is 0 Å². The van der Waals surface area contributed by atoms with Crippen LogP contribution in [0.25, 0.3) is 0 Å². The van der Waals surface area contributed by atoms with Crippen LogP contribution in [-0.2, 0) is 17.6 Å². The summed E-state index contributed by atoms with van der Waals surface area (Å²) >= 11 is 1.59. The number of rotatable bonds is 8. The number of carbonyl (C=O) groups is 1. The van der Waals surface area contributed by atoms with Gasteiger partial charge in [-0.05, 0) is 42.5 Å². The highest BCUT2D eigenvalue weighted by molar-refractivity contribution is 7.09. The van der Waals surface area contributed by atoms with E-state index in [1.165, 1.54) is 5.56 Å². The number of nitrogens with one attached hydrogen (secondary N) is 1. The maximum Gasteiger partial charge on any atom is 0.321 e. The van der Waals surface area contributed by atoms with Crippen molar-refractivity contribution in [3.63, 3.8) is 0 Å². The molecule has 106 valence electrons. The van der Waals surface area contributed by atoms with E-state index >= 15 is 0 Å². The number of hydrogen-bond acceptors (Lipinski definition) is 4. The van der Waals surface area contributed by atoms with Crippen LogP contribution in [0.4, 0.5) is 0 Å². The monoisotopic (exact) mass is 290 g/mol. The molecule has 2 aromatic rings. The van der Waals surface area contributed by atoms with Crippen LogP contribution in [0, 0.1) is 0 Å². The van der Waals surface area contributed by atoms with Crippen molar-refractivity contribution < 1.29 is 9.90 Å². The summed E-state index contributed by atoms with van der Waals surface area (Å²) in [4.78, 5) is 16.4. The molecule has 0 fully saturated rings. The second kappa shape index (κ2) is 7.77. The smallest absolute Gasteiger partial charge is 0.321 e. The number of hydrogen-bond donors (Lipinski definition) is 2. The lowest BCUT2D eigenvalue weighted by molar-refractivity contribution is -0.139. The number of carboxylic acids is 1. The van der Waals surface area contributed by atoms with E-state index in [1.807, 2.05) is 35.8 Å². The Hall–Kier alpha value is -1.72. The van der Waals surface area contributed by atoms with Crippen LogP contribution in [0.5, 0.6) is 0 Å². The highest BCUT2D eigenvalue weighted by Crippen LogP contribution is 2.11. The molecule has 0 spiro atoms. The Kier molecular flexibility index (Phi) is 5.70. The molecule has 0 bridgehead atoms. The topological polar surface area (TPSA) is 62.2 Å². The number of pyridine rings is 1. The molecule has 0 aliphatic rings. The van der Waals surface area contributed by atoms with E-state index in [1.54, 1.807) is 17.5 Å². The van der Waals surface area contributed by atoms with Gasteiger partial charge >= 0.3 is 5.97 Å². The summed E-state index contributed by atoms with van der Waals surface area (Å²) in [6.45, 7) is 0.692. The summed E-state index contributed by atoms with van der Waals surface area (Å²) in [6, 6.07) is 7.36. The van der Waals surface area contributed by atoms with Crippen LogP contribution >= 0.6 is 11.3 Å². The Labute approximate surface area is 122 Å². The fraction of sp³-hybridized carbons (Fsp3) is 0.333. The lowest BCUT2D eigenvalue weighted by Gasteiger charge is -2.13. The zero-order chi connectivity index (χ0) is 14.2. The van der Waals surface area contributed by atoms with Crippen LogP contribution in [0.2, 0.25) is 0 Å². The molecule has 20 heavy (non-hydrogen) atoms. The molecule has 0 amide bonds. The molecule has 0 aliphatic carbocycles. The summed E-state index contributed by atoms with van der Waals surface area (Å²) in [5.74, 6) is -0.792. The van der Waals surface area contributed by atoms with Crippen molar-refractivity contribution >= 4 is 17.3 Å². The molecule has 0 aliphatic heterocycles. The Morgan fingerprint density at radius 3 is 2.95 bits per heavy atom. The number of aryl methyl sites for hydroxylation is 1. The van der Waals surface area contributed by atoms with Gasteiger partial charge < -0.3 is 10.4 Å². The summed E-state index contributed by atoms with van der Waals surface area (Å²) in [5.41, 5.74) is 1.18. The van der Waals surface area contributed by atoms with Gasteiger partial charge in [0.15, 0.2) is 0 Å². The normalized spacial score (nSPS) is 12.2. The summed E-state index contributed by atoms with van der Waals surface area (Å²) in [7, 11) is 0. The van der Waals surface area contributed by atoms with Crippen molar-refractivity contribution in [2.24, 2.45) is 0 Å². The molecule has 0 aromatic carbocycles. The number of thiophene rings is 1. The number of carboxylic acid groups (broad SMARTS) is 1. The zero-order valence-corrected chi connectivity index (χ0v) is 12.0. The van der Waals surface area contributed by atoms with Crippen molar-refractivity contribution in [1.82, 2.24) is 10.3 Å². The highest BCUT2D eigenvalue weighted by Gasteiger charge is 2.17. The van der Waals surface area contributed by atoms with Gasteiger partial charge in [-0.25, -0.2) is 0 Å². The van der Waals surface area contributed by atoms with Gasteiger partial charge in [-0.3, -0.25) is 9.78 Å². The lowest BCUT2D eigenvalue weighted by Crippen LogP contribution is -2.39. The maximum atomic E-state index is 11.2. The summed E-state index contributed by atoms with van der Waals surface area (Å²) in [5, 5.41) is 14.3. The van der Waals surface area contributed by atoms with Crippen LogP contribution in [-0.4, -0.2) is 28.6 Å². The van der Waals surface area contributed by atoms with Gasteiger partial charge in [-0.15, -0.1) is 11.3 Å². The van der Waals surface area contributed by atoms with Crippen molar-refractivity contribution in [3.8, 4) is 0 Å². The van der Waals surface area contributed by atoms with Crippen molar-refractivity contribution in [3.05, 3.63) is 52.5 Å². The highest BCUT2D eigenvalue weighted by atomic mass is 32.1. The molecule has 1 atom stereocenters. The van der Waals surface area contributed by atoms with Gasteiger partial charge in [0.25, 0.3) is 0 Å². The minimum Gasteiger partial charge on any atom is -0.480 e. The SMILES string of the molecule is O=C(O)[C@H](Cc1cccs1)NCCCc1cccnc1. The third kappa shape index (κ3) is 4.75. The first-order valence-corrected chi connectivity index (χ1v) is 7.51. The number of nitrogens with zero attached hydrogens (tertiary/aromatic N) is 1. The first-order valence-electron chi connectivity index (χ1n) is 6.63. The maximum absolute atomic E-state index is 11.2. The molecule has 2 N–H and O–H groups in total. The molecule has 2 rings (SSSR count). The molecule has 0 saturated carbocycles. The van der Waals surface area contributed by atoms with Crippen LogP contribution in [0.3, 0.4) is 0 Å². The summed E-state index contributed by atoms with van der Waals surface area (Å²) in [6.07, 6.45) is 5.95. The average molecular weight is 290 g/mol. The first kappa shape index (κ1) is 14.7. The standard InChI is InChI=1S/C15H18N2O2S/c18-15(19)14(10-13-6-3-9-20-13)17-8-2-5-12-4-1-7-16-11-12/h1,3-4,6-7,9,11,14,17H,2,5,8,10H2,(H,18,19)/t14-/m0/s1. The fourth-order valence-electron chi connectivity index (χ4n) is 1.99. The minimum atomic E-state index is -0.792. The average Bonchev–Trinajstić information content (AvgIpc) is 2.96. The summed E-state index contributed by atoms with van der Waals surface area (Å²) < 4.78 is 0. The minimum absolute atomic E-state index is 0.512. The van der Waals surface area contributed by atoms with E-state index in [0.717, 1.165) is 17.7 Å². The van der Waals surface area contributed by atoms with Crippen molar-refractivity contribution in [2.75, 3.05) is 6.54 Å². The molecule has 0 unspecified atom stereocenters. The molecule has 4 nitrogen and oxygen atoms in total. The third-order valence-corrected chi connectivity index (χ3v) is 3.94. The quantitative estimate of drug-likeness (QED) is 0.733. The molecular weight excluding hydrogens is 272 g/mol. The van der Waals surface area contributed by atoms with Gasteiger partial charge in [0, 0.05) is 23.7 Å². The van der Waals surface area contributed by atoms with Crippen molar-refractivity contribution in [1.29, 1.82) is 0 Å². The molecule has 0 radical (unpaired) electrons. The van der Waals surface area contributed by atoms with E-state index < -0.39 is 12.0 Å². The van der Waals surface area contributed by atoms with Gasteiger partial charge in [-0.2, -0.15) is 0 Å². The van der Waals surface area contributed by atoms with E-state index in [0.29, 0.717) is 13.0 Å². The van der Waals surface area contributed by atoms with Gasteiger partial charge in [0.1, 0.15) is 6.04 Å². The Balaban J connectivity index is 1.74. The van der Waals surface area contributed by atoms with E-state index in [-0.39, 0.29) is 0 Å². The van der Waals surface area contributed by atoms with Crippen LogP contribution < -0.4 is 5.32 Å². The second-order valence-corrected chi connectivity index (χ2v) is 5.63. The van der Waals surface area contributed by atoms with Crippen molar-refractivity contribution in [2.45, 2.75) is 25.3 Å². The fourth-order valence-corrected chi connectivity index (χ4v) is 2.74. The van der Waals surface area contributed by atoms with E-state index in [4.69, 9.17) is 0 Å².